The number of aromatic nitrogens is 1. The van der Waals surface area contributed by atoms with Crippen molar-refractivity contribution in [2.45, 2.75) is 19.1 Å². The van der Waals surface area contributed by atoms with Gasteiger partial charge in [-0.25, -0.2) is 4.79 Å². The molecule has 0 spiro atoms. The molecule has 0 bridgehead atoms. The highest BCUT2D eigenvalue weighted by Crippen LogP contribution is 2.34. The van der Waals surface area contributed by atoms with Crippen LogP contribution >= 0.6 is 0 Å². The van der Waals surface area contributed by atoms with Gasteiger partial charge in [-0.1, -0.05) is 30.3 Å². The predicted octanol–water partition coefficient (Wildman–Crippen LogP) is 4.13. The Kier molecular flexibility index (Phi) is 6.60. The minimum atomic E-state index is -0.607. The molecule has 3 aromatic rings. The Bertz CT molecular complexity index is 1000. The zero-order valence-electron chi connectivity index (χ0n) is 17.5. The highest BCUT2D eigenvalue weighted by molar-refractivity contribution is 5.70. The van der Waals surface area contributed by atoms with Crippen molar-refractivity contribution in [1.29, 1.82) is 0 Å². The first-order valence-electron chi connectivity index (χ1n) is 10.3. The predicted molar refractivity (Wildman–Crippen MR) is 116 cm³/mol. The lowest BCUT2D eigenvalue weighted by Crippen LogP contribution is -2.49. The summed E-state index contributed by atoms with van der Waals surface area (Å²) in [5.74, 6) is 0.390. The van der Waals surface area contributed by atoms with E-state index in [2.05, 4.69) is 17.1 Å². The van der Waals surface area contributed by atoms with Crippen molar-refractivity contribution in [2.75, 3.05) is 26.4 Å². The van der Waals surface area contributed by atoms with Gasteiger partial charge in [0.25, 0.3) is 0 Å². The molecule has 0 amide bonds. The molecule has 0 atom stereocenters. The lowest BCUT2D eigenvalue weighted by molar-refractivity contribution is -0.221. The summed E-state index contributed by atoms with van der Waals surface area (Å²) in [5, 5.41) is 0. The van der Waals surface area contributed by atoms with E-state index in [-0.39, 0.29) is 12.6 Å². The van der Waals surface area contributed by atoms with Crippen LogP contribution in [0.1, 0.15) is 18.1 Å². The van der Waals surface area contributed by atoms with E-state index >= 15 is 0 Å². The minimum Gasteiger partial charge on any atom is -0.489 e. The third-order valence-corrected chi connectivity index (χ3v) is 5.17. The van der Waals surface area contributed by atoms with Crippen LogP contribution < -0.4 is 4.74 Å². The first-order chi connectivity index (χ1) is 15.2. The molecule has 0 unspecified atom stereocenters. The maximum absolute atomic E-state index is 11.6. The lowest BCUT2D eigenvalue weighted by Gasteiger charge is -2.41. The van der Waals surface area contributed by atoms with Gasteiger partial charge in [0.1, 0.15) is 24.6 Å². The monoisotopic (exact) mass is 419 g/mol. The van der Waals surface area contributed by atoms with E-state index < -0.39 is 5.60 Å². The zero-order valence-corrected chi connectivity index (χ0v) is 17.5. The highest BCUT2D eigenvalue weighted by atomic mass is 16.6. The van der Waals surface area contributed by atoms with Gasteiger partial charge < -0.3 is 18.9 Å². The van der Waals surface area contributed by atoms with Gasteiger partial charge in [0.15, 0.2) is 0 Å². The van der Waals surface area contributed by atoms with Gasteiger partial charge in [0.2, 0.25) is 0 Å². The second kappa shape index (κ2) is 9.73. The van der Waals surface area contributed by atoms with E-state index in [1.54, 1.807) is 19.3 Å². The molecule has 1 aromatic heterocycles. The number of ether oxygens (including phenoxy) is 4. The summed E-state index contributed by atoms with van der Waals surface area (Å²) < 4.78 is 22.1. The molecule has 4 rings (SSSR count). The fourth-order valence-corrected chi connectivity index (χ4v) is 3.43. The zero-order chi connectivity index (χ0) is 21.5. The average molecular weight is 419 g/mol. The lowest BCUT2D eigenvalue weighted by atomic mass is 9.91. The Balaban J connectivity index is 1.37. The molecule has 1 fully saturated rings. The van der Waals surface area contributed by atoms with Gasteiger partial charge in [0.05, 0.1) is 19.8 Å². The maximum atomic E-state index is 11.6. The fourth-order valence-electron chi connectivity index (χ4n) is 3.43. The van der Waals surface area contributed by atoms with Crippen molar-refractivity contribution < 1.29 is 23.7 Å². The van der Waals surface area contributed by atoms with Crippen LogP contribution in [0.2, 0.25) is 0 Å². The molecule has 1 saturated heterocycles. The Labute approximate surface area is 181 Å². The normalized spacial score (nSPS) is 14.5. The molecule has 6 nitrogen and oxygen atoms in total. The van der Waals surface area contributed by atoms with Crippen LogP contribution in [0.3, 0.4) is 0 Å². The van der Waals surface area contributed by atoms with Crippen LogP contribution in [0, 0.1) is 0 Å². The quantitative estimate of drug-likeness (QED) is 0.486. The largest absolute Gasteiger partial charge is 0.489 e. The van der Waals surface area contributed by atoms with Gasteiger partial charge in [0, 0.05) is 12.4 Å². The molecule has 160 valence electrons. The van der Waals surface area contributed by atoms with Crippen LogP contribution in [-0.4, -0.2) is 37.4 Å². The van der Waals surface area contributed by atoms with Crippen molar-refractivity contribution in [3.8, 4) is 16.9 Å². The van der Waals surface area contributed by atoms with E-state index in [4.69, 9.17) is 18.9 Å². The number of pyridine rings is 1. The number of carbonyl (C=O) groups excluding carboxylic acids is 1. The van der Waals surface area contributed by atoms with E-state index in [0.29, 0.717) is 26.4 Å². The first kappa shape index (κ1) is 21.0. The summed E-state index contributed by atoms with van der Waals surface area (Å²) in [4.78, 5) is 15.7. The van der Waals surface area contributed by atoms with E-state index in [1.807, 2.05) is 48.5 Å². The molecule has 0 saturated carbocycles. The third-order valence-electron chi connectivity index (χ3n) is 5.17. The first-order valence-corrected chi connectivity index (χ1v) is 10.3. The SMILES string of the molecule is CCOC(=O)COC1(c2ccc(OCc3cccc(-c4ccncc4)c3)cc2)COC1. The molecule has 0 aliphatic carbocycles. The van der Waals surface area contributed by atoms with Crippen LogP contribution in [0.4, 0.5) is 0 Å². The van der Waals surface area contributed by atoms with E-state index in [1.165, 1.54) is 0 Å². The number of nitrogens with zero attached hydrogens (tertiary/aromatic N) is 1. The summed E-state index contributed by atoms with van der Waals surface area (Å²) in [5.41, 5.74) is 3.68. The number of hydrogen-bond donors (Lipinski definition) is 0. The highest BCUT2D eigenvalue weighted by Gasteiger charge is 2.42. The van der Waals surface area contributed by atoms with Crippen LogP contribution in [0.5, 0.6) is 5.75 Å². The van der Waals surface area contributed by atoms with Gasteiger partial charge >= 0.3 is 5.97 Å². The molecule has 0 N–H and O–H groups in total. The van der Waals surface area contributed by atoms with Crippen LogP contribution in [0.25, 0.3) is 11.1 Å². The van der Waals surface area contributed by atoms with Gasteiger partial charge in [-0.3, -0.25) is 4.98 Å². The van der Waals surface area contributed by atoms with Crippen molar-refractivity contribution >= 4 is 5.97 Å². The summed E-state index contributed by atoms with van der Waals surface area (Å²) in [6.07, 6.45) is 3.58. The Morgan fingerprint density at radius 3 is 2.48 bits per heavy atom. The van der Waals surface area contributed by atoms with E-state index in [0.717, 1.165) is 28.0 Å². The second-order valence-electron chi connectivity index (χ2n) is 7.33. The van der Waals surface area contributed by atoms with Gasteiger partial charge in [-0.2, -0.15) is 0 Å². The van der Waals surface area contributed by atoms with Crippen molar-refractivity contribution in [1.82, 2.24) is 4.98 Å². The molecule has 1 aliphatic heterocycles. The molecular weight excluding hydrogens is 394 g/mol. The van der Waals surface area contributed by atoms with Crippen molar-refractivity contribution in [3.05, 3.63) is 84.2 Å². The molecular formula is C25H25NO5. The van der Waals surface area contributed by atoms with Gasteiger partial charge in [-0.05, 0) is 59.5 Å². The minimum absolute atomic E-state index is 0.0940. The molecule has 2 aromatic carbocycles. The number of esters is 1. The van der Waals surface area contributed by atoms with E-state index in [9.17, 15) is 4.79 Å². The topological polar surface area (TPSA) is 66.9 Å². The van der Waals surface area contributed by atoms with Crippen molar-refractivity contribution in [2.24, 2.45) is 0 Å². The van der Waals surface area contributed by atoms with Crippen molar-refractivity contribution in [3.63, 3.8) is 0 Å². The number of hydrogen-bond acceptors (Lipinski definition) is 6. The Morgan fingerprint density at radius 1 is 1.03 bits per heavy atom. The summed E-state index contributed by atoms with van der Waals surface area (Å²) in [6, 6.07) is 20.0. The summed E-state index contributed by atoms with van der Waals surface area (Å²) in [7, 11) is 0. The molecule has 0 radical (unpaired) electrons. The molecule has 1 aliphatic rings. The Hall–Kier alpha value is -3.22. The summed E-state index contributed by atoms with van der Waals surface area (Å²) in [6.45, 7) is 3.30. The number of rotatable bonds is 9. The number of carbonyl (C=O) groups is 1. The number of benzene rings is 2. The Morgan fingerprint density at radius 2 is 1.81 bits per heavy atom. The van der Waals surface area contributed by atoms with Crippen LogP contribution in [-0.2, 0) is 31.2 Å². The standard InChI is InChI=1S/C25H25NO5/c1-2-29-24(27)16-31-25(17-28-18-25)22-6-8-23(9-7-22)30-15-19-4-3-5-21(14-19)20-10-12-26-13-11-20/h3-14H,2,15-18H2,1H3. The molecule has 31 heavy (non-hydrogen) atoms. The summed E-state index contributed by atoms with van der Waals surface area (Å²) >= 11 is 0. The van der Waals surface area contributed by atoms with Gasteiger partial charge in [-0.15, -0.1) is 0 Å². The third kappa shape index (κ3) is 5.10. The fraction of sp³-hybridized carbons (Fsp3) is 0.280. The van der Waals surface area contributed by atoms with Crippen LogP contribution in [0.15, 0.2) is 73.1 Å². The second-order valence-corrected chi connectivity index (χ2v) is 7.33. The maximum Gasteiger partial charge on any atom is 0.332 e. The molecule has 2 heterocycles. The average Bonchev–Trinajstić information content (AvgIpc) is 2.79. The smallest absolute Gasteiger partial charge is 0.332 e. The molecule has 6 heteroatoms.